The summed E-state index contributed by atoms with van der Waals surface area (Å²) >= 11 is 0. The molecule has 2 aromatic rings. The lowest BCUT2D eigenvalue weighted by Gasteiger charge is -2.21. The molecule has 0 unspecified atom stereocenters. The van der Waals surface area contributed by atoms with Crippen molar-refractivity contribution in [3.63, 3.8) is 0 Å². The average molecular weight is 278 g/mol. The van der Waals surface area contributed by atoms with Gasteiger partial charge in [0.15, 0.2) is 0 Å². The second-order valence-electron chi connectivity index (χ2n) is 4.84. The van der Waals surface area contributed by atoms with Crippen LogP contribution in [0, 0.1) is 5.82 Å². The first kappa shape index (κ1) is 14.2. The number of H-pyrrole nitrogens is 1. The molecule has 0 spiro atoms. The molecule has 1 heterocycles. The minimum atomic E-state index is -0.850. The molecule has 20 heavy (non-hydrogen) atoms. The van der Waals surface area contributed by atoms with Gasteiger partial charge in [-0.15, -0.1) is 0 Å². The molecule has 2 rings (SSSR count). The van der Waals surface area contributed by atoms with E-state index in [0.29, 0.717) is 0 Å². The lowest BCUT2D eigenvalue weighted by molar-refractivity contribution is 0.0108. The standard InChI is InChI=1S/C14H15FN2O3/c1-14(2,20-3)13-16-11(18)10(12(19)17-13)8-5-4-6-9(15)7-8/h4-7H,1-3H3,(H2,16,17,18,19). The molecule has 0 aliphatic heterocycles. The molecule has 0 amide bonds. The van der Waals surface area contributed by atoms with Gasteiger partial charge in [0.05, 0.1) is 0 Å². The van der Waals surface area contributed by atoms with E-state index in [2.05, 4.69) is 9.97 Å². The van der Waals surface area contributed by atoms with Crippen LogP contribution in [-0.2, 0) is 10.3 Å². The SMILES string of the molecule is COC(C)(C)c1nc(O)c(-c2cccc(F)c2)c(=O)[nH]1. The summed E-state index contributed by atoms with van der Waals surface area (Å²) in [6.07, 6.45) is 0. The maximum Gasteiger partial charge on any atom is 0.262 e. The molecule has 0 aliphatic rings. The second-order valence-corrected chi connectivity index (χ2v) is 4.84. The Balaban J connectivity index is 2.61. The summed E-state index contributed by atoms with van der Waals surface area (Å²) in [5, 5.41) is 9.97. The Hall–Kier alpha value is -2.21. The van der Waals surface area contributed by atoms with Crippen LogP contribution < -0.4 is 5.56 Å². The van der Waals surface area contributed by atoms with Crippen molar-refractivity contribution in [2.24, 2.45) is 0 Å². The second kappa shape index (κ2) is 5.05. The molecule has 106 valence electrons. The van der Waals surface area contributed by atoms with Gasteiger partial charge in [0, 0.05) is 7.11 Å². The van der Waals surface area contributed by atoms with E-state index in [1.165, 1.54) is 25.3 Å². The largest absolute Gasteiger partial charge is 0.493 e. The summed E-state index contributed by atoms with van der Waals surface area (Å²) < 4.78 is 18.4. The molecule has 0 atom stereocenters. The van der Waals surface area contributed by atoms with Gasteiger partial charge in [0.2, 0.25) is 5.88 Å². The van der Waals surface area contributed by atoms with Crippen LogP contribution in [0.25, 0.3) is 11.1 Å². The van der Waals surface area contributed by atoms with Crippen LogP contribution in [0.15, 0.2) is 29.1 Å². The third-order valence-electron chi connectivity index (χ3n) is 3.09. The number of aromatic amines is 1. The van der Waals surface area contributed by atoms with E-state index < -0.39 is 22.9 Å². The van der Waals surface area contributed by atoms with Gasteiger partial charge >= 0.3 is 0 Å². The van der Waals surface area contributed by atoms with Gasteiger partial charge in [-0.3, -0.25) is 4.79 Å². The Kier molecular flexibility index (Phi) is 3.59. The minimum Gasteiger partial charge on any atom is -0.493 e. The fraction of sp³-hybridized carbons (Fsp3) is 0.286. The summed E-state index contributed by atoms with van der Waals surface area (Å²) in [5.74, 6) is -0.760. The van der Waals surface area contributed by atoms with Crippen molar-refractivity contribution < 1.29 is 14.2 Å². The zero-order valence-electron chi connectivity index (χ0n) is 11.4. The van der Waals surface area contributed by atoms with E-state index >= 15 is 0 Å². The summed E-state index contributed by atoms with van der Waals surface area (Å²) in [6, 6.07) is 5.39. The zero-order chi connectivity index (χ0) is 14.9. The highest BCUT2D eigenvalue weighted by Crippen LogP contribution is 2.27. The number of nitrogens with one attached hydrogen (secondary N) is 1. The third-order valence-corrected chi connectivity index (χ3v) is 3.09. The predicted molar refractivity (Wildman–Crippen MR) is 72.0 cm³/mol. The molecule has 0 saturated carbocycles. The van der Waals surface area contributed by atoms with Crippen molar-refractivity contribution in [1.29, 1.82) is 0 Å². The summed E-state index contributed by atoms with van der Waals surface area (Å²) in [6.45, 7) is 3.40. The number of nitrogens with zero attached hydrogens (tertiary/aromatic N) is 1. The molecule has 6 heteroatoms. The van der Waals surface area contributed by atoms with E-state index in [1.54, 1.807) is 13.8 Å². The van der Waals surface area contributed by atoms with Crippen LogP contribution in [0.1, 0.15) is 19.7 Å². The lowest BCUT2D eigenvalue weighted by Crippen LogP contribution is -2.27. The Morgan fingerprint density at radius 2 is 2.10 bits per heavy atom. The highest BCUT2D eigenvalue weighted by atomic mass is 19.1. The van der Waals surface area contributed by atoms with Gasteiger partial charge in [-0.1, -0.05) is 12.1 Å². The lowest BCUT2D eigenvalue weighted by atomic mass is 10.1. The maximum absolute atomic E-state index is 13.2. The van der Waals surface area contributed by atoms with Crippen molar-refractivity contribution in [3.05, 3.63) is 46.3 Å². The summed E-state index contributed by atoms with van der Waals surface area (Å²) in [7, 11) is 1.47. The molecule has 2 N–H and O–H groups in total. The number of benzene rings is 1. The molecule has 5 nitrogen and oxygen atoms in total. The van der Waals surface area contributed by atoms with Crippen molar-refractivity contribution in [2.45, 2.75) is 19.4 Å². The van der Waals surface area contributed by atoms with Crippen LogP contribution in [0.5, 0.6) is 5.88 Å². The molecule has 1 aromatic heterocycles. The number of hydrogen-bond acceptors (Lipinski definition) is 4. The first-order chi connectivity index (χ1) is 9.35. The Labute approximate surface area is 115 Å². The quantitative estimate of drug-likeness (QED) is 0.902. The van der Waals surface area contributed by atoms with Crippen molar-refractivity contribution >= 4 is 0 Å². The van der Waals surface area contributed by atoms with Gasteiger partial charge in [-0.05, 0) is 31.5 Å². The molecule has 0 fully saturated rings. The van der Waals surface area contributed by atoms with Crippen LogP contribution in [0.3, 0.4) is 0 Å². The van der Waals surface area contributed by atoms with Gasteiger partial charge in [0.25, 0.3) is 5.56 Å². The number of methoxy groups -OCH3 is 1. The van der Waals surface area contributed by atoms with E-state index in [0.717, 1.165) is 6.07 Å². The average Bonchev–Trinajstić information content (AvgIpc) is 2.38. The molecular formula is C14H15FN2O3. The molecule has 0 saturated heterocycles. The molecular weight excluding hydrogens is 263 g/mol. The van der Waals surface area contributed by atoms with E-state index in [1.807, 2.05) is 0 Å². The molecule has 0 bridgehead atoms. The number of aromatic nitrogens is 2. The molecule has 0 aliphatic carbocycles. The predicted octanol–water partition coefficient (Wildman–Crippen LogP) is 2.16. The Morgan fingerprint density at radius 1 is 1.40 bits per heavy atom. The van der Waals surface area contributed by atoms with Crippen LogP contribution >= 0.6 is 0 Å². The maximum atomic E-state index is 13.2. The van der Waals surface area contributed by atoms with Crippen LogP contribution in [-0.4, -0.2) is 22.2 Å². The fourth-order valence-electron chi connectivity index (χ4n) is 1.75. The normalized spacial score (nSPS) is 11.6. The number of rotatable bonds is 3. The zero-order valence-corrected chi connectivity index (χ0v) is 11.4. The van der Waals surface area contributed by atoms with Crippen molar-refractivity contribution in [3.8, 4) is 17.0 Å². The Bertz CT molecular complexity index is 695. The number of halogens is 1. The number of ether oxygens (including phenoxy) is 1. The summed E-state index contributed by atoms with van der Waals surface area (Å²) in [5.41, 5.74) is -1.21. The first-order valence-electron chi connectivity index (χ1n) is 6.00. The van der Waals surface area contributed by atoms with Gasteiger partial charge < -0.3 is 14.8 Å². The van der Waals surface area contributed by atoms with Gasteiger partial charge in [0.1, 0.15) is 22.8 Å². The third kappa shape index (κ3) is 2.55. The molecule has 1 aromatic carbocycles. The van der Waals surface area contributed by atoms with Crippen LogP contribution in [0.4, 0.5) is 4.39 Å². The van der Waals surface area contributed by atoms with Gasteiger partial charge in [-0.2, -0.15) is 4.98 Å². The monoisotopic (exact) mass is 278 g/mol. The van der Waals surface area contributed by atoms with Gasteiger partial charge in [-0.25, -0.2) is 4.39 Å². The van der Waals surface area contributed by atoms with E-state index in [9.17, 15) is 14.3 Å². The van der Waals surface area contributed by atoms with Crippen LogP contribution in [0.2, 0.25) is 0 Å². The van der Waals surface area contributed by atoms with E-state index in [4.69, 9.17) is 4.74 Å². The number of aromatic hydroxyl groups is 1. The minimum absolute atomic E-state index is 0.0693. The fourth-order valence-corrected chi connectivity index (χ4v) is 1.75. The van der Waals surface area contributed by atoms with Crippen molar-refractivity contribution in [1.82, 2.24) is 9.97 Å². The first-order valence-corrected chi connectivity index (χ1v) is 6.00. The smallest absolute Gasteiger partial charge is 0.262 e. The highest BCUT2D eigenvalue weighted by molar-refractivity contribution is 5.67. The highest BCUT2D eigenvalue weighted by Gasteiger charge is 2.25. The Morgan fingerprint density at radius 3 is 2.65 bits per heavy atom. The van der Waals surface area contributed by atoms with Crippen molar-refractivity contribution in [2.75, 3.05) is 7.11 Å². The van der Waals surface area contributed by atoms with E-state index in [-0.39, 0.29) is 17.0 Å². The topological polar surface area (TPSA) is 75.2 Å². The number of hydrogen-bond donors (Lipinski definition) is 2. The molecule has 0 radical (unpaired) electrons. The summed E-state index contributed by atoms with van der Waals surface area (Å²) in [4.78, 5) is 18.6.